The van der Waals surface area contributed by atoms with Crippen molar-refractivity contribution in [2.45, 2.75) is 70.2 Å². The Morgan fingerprint density at radius 3 is 2.76 bits per heavy atom. The summed E-state index contributed by atoms with van der Waals surface area (Å²) in [6.45, 7) is 8.21. The Morgan fingerprint density at radius 1 is 1.29 bits per heavy atom. The van der Waals surface area contributed by atoms with Crippen molar-refractivity contribution in [3.05, 3.63) is 12.2 Å². The van der Waals surface area contributed by atoms with Crippen molar-refractivity contribution in [1.29, 1.82) is 0 Å². The zero-order valence-corrected chi connectivity index (χ0v) is 14.7. The number of ether oxygens (including phenoxy) is 2. The van der Waals surface area contributed by atoms with Crippen molar-refractivity contribution >= 4 is 8.07 Å². The molecule has 120 valence electrons. The minimum atomic E-state index is -1.01. The first-order valence-electron chi connectivity index (χ1n) is 7.99. The van der Waals surface area contributed by atoms with Crippen LogP contribution in [0.5, 0.6) is 0 Å². The van der Waals surface area contributed by atoms with E-state index < -0.39 is 8.07 Å². The van der Waals surface area contributed by atoms with Gasteiger partial charge in [-0.15, -0.1) is 0 Å². The third kappa shape index (κ3) is 10.7. The van der Waals surface area contributed by atoms with Crippen LogP contribution in [0.3, 0.4) is 0 Å². The van der Waals surface area contributed by atoms with Gasteiger partial charge in [0, 0.05) is 21.1 Å². The van der Waals surface area contributed by atoms with Gasteiger partial charge in [0.15, 0.2) is 6.29 Å². The molecule has 1 saturated heterocycles. The fourth-order valence-corrected chi connectivity index (χ4v) is 2.87. The largest absolute Gasteiger partial charge is 0.392 e. The molecule has 0 aromatic heterocycles. The lowest BCUT2D eigenvalue weighted by Crippen LogP contribution is -2.22. The monoisotopic (exact) mass is 310 g/mol. The molecule has 0 aromatic rings. The van der Waals surface area contributed by atoms with Gasteiger partial charge >= 0.3 is 0 Å². The number of aliphatic hydroxyl groups is 1. The molecule has 1 rings (SSSR count). The molecule has 1 unspecified atom stereocenters. The number of allylic oxidation sites excluding steroid dienone is 1. The van der Waals surface area contributed by atoms with Gasteiger partial charge in [-0.25, -0.2) is 0 Å². The molecule has 21 heavy (non-hydrogen) atoms. The van der Waals surface area contributed by atoms with E-state index in [1.54, 1.807) is 0 Å². The topological polar surface area (TPSA) is 38.7 Å². The van der Waals surface area contributed by atoms with Crippen LogP contribution < -0.4 is 0 Å². The zero-order valence-electron chi connectivity index (χ0n) is 13.7. The van der Waals surface area contributed by atoms with Crippen molar-refractivity contribution in [3.8, 4) is 11.8 Å². The molecule has 4 heteroatoms. The predicted molar refractivity (Wildman–Crippen MR) is 89.9 cm³/mol. The molecular weight excluding hydrogens is 280 g/mol. The van der Waals surface area contributed by atoms with Crippen LogP contribution in [0.2, 0.25) is 25.7 Å². The molecule has 0 spiro atoms. The van der Waals surface area contributed by atoms with Gasteiger partial charge in [-0.05, 0) is 31.7 Å². The molecule has 3 nitrogen and oxygen atoms in total. The van der Waals surface area contributed by atoms with E-state index in [9.17, 15) is 5.11 Å². The molecular formula is C17H30O3Si. The lowest BCUT2D eigenvalue weighted by molar-refractivity contribution is -0.154. The summed E-state index contributed by atoms with van der Waals surface area (Å²) in [6.07, 6.45) is 8.28. The molecule has 1 fully saturated rings. The van der Waals surface area contributed by atoms with E-state index in [0.717, 1.165) is 19.4 Å². The van der Waals surface area contributed by atoms with Gasteiger partial charge in [0.25, 0.3) is 0 Å². The van der Waals surface area contributed by atoms with E-state index in [4.69, 9.17) is 9.47 Å². The minimum Gasteiger partial charge on any atom is -0.392 e. The van der Waals surface area contributed by atoms with Crippen LogP contribution in [0.25, 0.3) is 0 Å². The van der Waals surface area contributed by atoms with Crippen molar-refractivity contribution in [1.82, 2.24) is 0 Å². The highest BCUT2D eigenvalue weighted by Gasteiger charge is 2.12. The third-order valence-corrected chi connectivity index (χ3v) is 4.71. The average Bonchev–Trinajstić information content (AvgIpc) is 2.43. The number of rotatable bonds is 7. The quantitative estimate of drug-likeness (QED) is 0.444. The second-order valence-corrected chi connectivity index (χ2v) is 12.3. The summed E-state index contributed by atoms with van der Waals surface area (Å²) in [7, 11) is -1.01. The van der Waals surface area contributed by atoms with E-state index in [2.05, 4.69) is 43.6 Å². The number of hydrogen-bond acceptors (Lipinski definition) is 3. The molecule has 0 bridgehead atoms. The smallest absolute Gasteiger partial charge is 0.158 e. The maximum absolute atomic E-state index is 9.82. The molecule has 0 aromatic carbocycles. The zero-order chi connectivity index (χ0) is 15.6. The molecule has 0 radical (unpaired) electrons. The van der Waals surface area contributed by atoms with Gasteiger partial charge in [-0.1, -0.05) is 43.6 Å². The van der Waals surface area contributed by atoms with Crippen molar-refractivity contribution in [2.75, 3.05) is 13.2 Å². The molecule has 1 aliphatic rings. The van der Waals surface area contributed by atoms with Gasteiger partial charge in [-0.2, -0.15) is 0 Å². The summed E-state index contributed by atoms with van der Waals surface area (Å²) in [5, 5.41) is 9.82. The fraction of sp³-hybridized carbons (Fsp3) is 0.765. The lowest BCUT2D eigenvalue weighted by atomic mass is 10.2. The van der Waals surface area contributed by atoms with E-state index >= 15 is 0 Å². The van der Waals surface area contributed by atoms with Crippen molar-refractivity contribution in [3.63, 3.8) is 0 Å². The Labute approximate surface area is 130 Å². The normalized spacial score (nSPS) is 21.0. The summed E-state index contributed by atoms with van der Waals surface area (Å²) >= 11 is 0. The van der Waals surface area contributed by atoms with Crippen molar-refractivity contribution < 1.29 is 14.6 Å². The van der Waals surface area contributed by atoms with Gasteiger partial charge in [-0.3, -0.25) is 0 Å². The predicted octanol–water partition coefficient (Wildman–Crippen LogP) is 3.57. The Hall–Kier alpha value is -0.603. The minimum absolute atomic E-state index is 0.0810. The maximum atomic E-state index is 9.82. The molecule has 1 aliphatic heterocycles. The highest BCUT2D eigenvalue weighted by molar-refractivity contribution is 6.76. The number of aliphatic hydroxyl groups excluding tert-OH is 1. The molecule has 1 N–H and O–H groups in total. The van der Waals surface area contributed by atoms with E-state index in [1.807, 2.05) is 0 Å². The molecule has 0 aliphatic carbocycles. The van der Waals surface area contributed by atoms with E-state index in [-0.39, 0.29) is 12.4 Å². The number of hydrogen-bond donors (Lipinski definition) is 1. The molecule has 1 heterocycles. The highest BCUT2D eigenvalue weighted by atomic mass is 28.3. The van der Waals surface area contributed by atoms with Crippen LogP contribution in [0.15, 0.2) is 12.2 Å². The SMILES string of the molecule is C[Si](C)(C)C/C=C\C[C@@H](O)CC#CCOC1CCCCO1. The van der Waals surface area contributed by atoms with Gasteiger partial charge in [0.2, 0.25) is 0 Å². The molecule has 2 atom stereocenters. The molecule has 0 saturated carbocycles. The first kappa shape index (κ1) is 18.4. The van der Waals surface area contributed by atoms with Crippen molar-refractivity contribution in [2.24, 2.45) is 0 Å². The van der Waals surface area contributed by atoms with Crippen LogP contribution in [-0.4, -0.2) is 38.8 Å². The van der Waals surface area contributed by atoms with Crippen LogP contribution in [-0.2, 0) is 9.47 Å². The summed E-state index contributed by atoms with van der Waals surface area (Å²) in [6, 6.07) is 1.17. The van der Waals surface area contributed by atoms with Crippen LogP contribution in [0, 0.1) is 11.8 Å². The van der Waals surface area contributed by atoms with Gasteiger partial charge in [0.1, 0.15) is 6.61 Å². The van der Waals surface area contributed by atoms with Crippen LogP contribution in [0.4, 0.5) is 0 Å². The van der Waals surface area contributed by atoms with Crippen LogP contribution in [0.1, 0.15) is 32.1 Å². The third-order valence-electron chi connectivity index (χ3n) is 3.25. The van der Waals surface area contributed by atoms with E-state index in [0.29, 0.717) is 19.4 Å². The summed E-state index contributed by atoms with van der Waals surface area (Å²) in [5.41, 5.74) is 0. The second kappa shape index (κ2) is 10.2. The second-order valence-electron chi connectivity index (χ2n) is 6.79. The summed E-state index contributed by atoms with van der Waals surface area (Å²) < 4.78 is 11.0. The fourth-order valence-electron chi connectivity index (χ4n) is 1.99. The first-order valence-corrected chi connectivity index (χ1v) is 11.7. The highest BCUT2D eigenvalue weighted by Crippen LogP contribution is 2.13. The average molecular weight is 311 g/mol. The molecule has 0 amide bonds. The van der Waals surface area contributed by atoms with Gasteiger partial charge in [0.05, 0.1) is 6.10 Å². The Bertz CT molecular complexity index is 356. The Balaban J connectivity index is 2.07. The standard InChI is InChI=1S/C17H30O3Si/c1-21(2,3)15-9-6-11-16(18)10-4-7-13-19-17-12-5-8-14-20-17/h6,9,16-18H,5,8,10-15H2,1-3H3/b9-6-/t16-,17?/m0/s1. The Kier molecular flexibility index (Phi) is 8.94. The summed E-state index contributed by atoms with van der Waals surface area (Å²) in [5.74, 6) is 5.92. The Morgan fingerprint density at radius 2 is 2.10 bits per heavy atom. The van der Waals surface area contributed by atoms with E-state index in [1.165, 1.54) is 12.5 Å². The first-order chi connectivity index (χ1) is 9.97. The maximum Gasteiger partial charge on any atom is 0.158 e. The van der Waals surface area contributed by atoms with Gasteiger partial charge < -0.3 is 14.6 Å². The lowest BCUT2D eigenvalue weighted by Gasteiger charge is -2.21. The van der Waals surface area contributed by atoms with Crippen LogP contribution >= 0.6 is 0 Å². The summed E-state index contributed by atoms with van der Waals surface area (Å²) in [4.78, 5) is 0.